The number of hydrogen-bond donors (Lipinski definition) is 4. The van der Waals surface area contributed by atoms with E-state index >= 15 is 0 Å². The van der Waals surface area contributed by atoms with Gasteiger partial charge in [0.25, 0.3) is 0 Å². The summed E-state index contributed by atoms with van der Waals surface area (Å²) in [7, 11) is 2.68. The molecule has 0 radical (unpaired) electrons. The topological polar surface area (TPSA) is 110 Å². The number of nitrogens with two attached hydrogens (primary N) is 2. The second-order valence-electron chi connectivity index (χ2n) is 3.00. The van der Waals surface area contributed by atoms with Crippen LogP contribution < -0.4 is 22.5 Å². The number of amides is 2. The summed E-state index contributed by atoms with van der Waals surface area (Å²) in [5.41, 5.74) is 4.21. The van der Waals surface area contributed by atoms with Crippen LogP contribution in [-0.4, -0.2) is 22.3 Å². The van der Waals surface area contributed by atoms with E-state index in [4.69, 9.17) is 11.7 Å². The Kier molecular flexibility index (Phi) is 8.44. The number of hydrazine groups is 2. The van der Waals surface area contributed by atoms with Crippen molar-refractivity contribution in [2.45, 2.75) is 37.2 Å². The molecule has 16 heavy (non-hydrogen) atoms. The predicted octanol–water partition coefficient (Wildman–Crippen LogP) is -0.0952. The van der Waals surface area contributed by atoms with Crippen LogP contribution in [0.5, 0.6) is 0 Å². The Morgan fingerprint density at radius 2 is 1.31 bits per heavy atom. The smallest absolute Gasteiger partial charge is 0.247 e. The third kappa shape index (κ3) is 5.06. The second-order valence-corrected chi connectivity index (χ2v) is 5.68. The molecule has 0 rings (SSSR count). The molecule has 0 spiro atoms. The highest BCUT2D eigenvalue weighted by Crippen LogP contribution is 2.34. The van der Waals surface area contributed by atoms with Gasteiger partial charge in [0.05, 0.1) is 10.5 Å². The van der Waals surface area contributed by atoms with E-state index in [-0.39, 0.29) is 22.3 Å². The largest absolute Gasteiger partial charge is 0.293 e. The lowest BCUT2D eigenvalue weighted by Crippen LogP contribution is -2.38. The van der Waals surface area contributed by atoms with Crippen LogP contribution in [0.3, 0.4) is 0 Å². The van der Waals surface area contributed by atoms with E-state index in [1.54, 1.807) is 0 Å². The van der Waals surface area contributed by atoms with E-state index in [1.165, 1.54) is 21.6 Å². The van der Waals surface area contributed by atoms with E-state index in [0.29, 0.717) is 12.8 Å². The molecule has 94 valence electrons. The van der Waals surface area contributed by atoms with Crippen molar-refractivity contribution in [3.05, 3.63) is 0 Å². The van der Waals surface area contributed by atoms with Crippen LogP contribution >= 0.6 is 21.6 Å². The summed E-state index contributed by atoms with van der Waals surface area (Å²) in [6, 6.07) is 0. The lowest BCUT2D eigenvalue weighted by molar-refractivity contribution is -0.121. The van der Waals surface area contributed by atoms with Crippen molar-refractivity contribution < 1.29 is 9.59 Å². The van der Waals surface area contributed by atoms with Gasteiger partial charge >= 0.3 is 0 Å². The zero-order valence-corrected chi connectivity index (χ0v) is 11.0. The first-order chi connectivity index (χ1) is 7.60. The minimum atomic E-state index is -0.255. The van der Waals surface area contributed by atoms with Crippen LogP contribution in [0.1, 0.15) is 26.7 Å². The van der Waals surface area contributed by atoms with Gasteiger partial charge < -0.3 is 0 Å². The zero-order chi connectivity index (χ0) is 12.6. The average molecular weight is 266 g/mol. The third-order valence-electron chi connectivity index (χ3n) is 1.90. The van der Waals surface area contributed by atoms with Crippen molar-refractivity contribution in [2.75, 3.05) is 0 Å². The van der Waals surface area contributed by atoms with Crippen LogP contribution in [0.25, 0.3) is 0 Å². The molecule has 0 aliphatic carbocycles. The number of carbonyl (C=O) groups excluding carboxylic acids is 2. The summed E-state index contributed by atoms with van der Waals surface area (Å²) < 4.78 is 0. The van der Waals surface area contributed by atoms with Gasteiger partial charge in [0, 0.05) is 0 Å². The SMILES string of the molecule is CCC(SSC(CC)C(=O)NN)C(=O)NN. The molecule has 0 aliphatic rings. The summed E-state index contributed by atoms with van der Waals surface area (Å²) in [6.07, 6.45) is 1.31. The molecule has 2 unspecified atom stereocenters. The normalized spacial score (nSPS) is 14.0. The fraction of sp³-hybridized carbons (Fsp3) is 0.750. The number of nitrogens with one attached hydrogen (secondary N) is 2. The van der Waals surface area contributed by atoms with Crippen molar-refractivity contribution in [1.82, 2.24) is 10.9 Å². The van der Waals surface area contributed by atoms with Gasteiger partial charge in [-0.3, -0.25) is 20.4 Å². The Labute approximate surface area is 103 Å². The Morgan fingerprint density at radius 1 is 1.00 bits per heavy atom. The van der Waals surface area contributed by atoms with Gasteiger partial charge in [-0.25, -0.2) is 11.7 Å². The summed E-state index contributed by atoms with van der Waals surface area (Å²) in [5.74, 6) is 9.64. The fourth-order valence-corrected chi connectivity index (χ4v) is 3.91. The Bertz CT molecular complexity index is 216. The van der Waals surface area contributed by atoms with Crippen molar-refractivity contribution in [3.8, 4) is 0 Å². The molecular weight excluding hydrogens is 248 g/mol. The maximum Gasteiger partial charge on any atom is 0.247 e. The van der Waals surface area contributed by atoms with Gasteiger partial charge in [-0.15, -0.1) is 0 Å². The van der Waals surface area contributed by atoms with E-state index in [1.807, 2.05) is 13.8 Å². The lowest BCUT2D eigenvalue weighted by Gasteiger charge is -2.16. The zero-order valence-electron chi connectivity index (χ0n) is 9.36. The van der Waals surface area contributed by atoms with Gasteiger partial charge in [0.15, 0.2) is 0 Å². The van der Waals surface area contributed by atoms with Crippen LogP contribution in [0.4, 0.5) is 0 Å². The maximum atomic E-state index is 11.3. The lowest BCUT2D eigenvalue weighted by atomic mass is 10.3. The molecule has 6 N–H and O–H groups in total. The average Bonchev–Trinajstić information content (AvgIpc) is 2.33. The summed E-state index contributed by atoms with van der Waals surface area (Å²) >= 11 is 0. The maximum absolute atomic E-state index is 11.3. The number of carbonyl (C=O) groups is 2. The third-order valence-corrected chi connectivity index (χ3v) is 5.30. The van der Waals surface area contributed by atoms with Crippen LogP contribution in [0, 0.1) is 0 Å². The molecule has 6 nitrogen and oxygen atoms in total. The van der Waals surface area contributed by atoms with Gasteiger partial charge in [0.2, 0.25) is 11.8 Å². The van der Waals surface area contributed by atoms with Crippen molar-refractivity contribution >= 4 is 33.4 Å². The first-order valence-electron chi connectivity index (χ1n) is 4.93. The molecule has 2 amide bonds. The van der Waals surface area contributed by atoms with E-state index < -0.39 is 0 Å². The Hall–Kier alpha value is -0.440. The van der Waals surface area contributed by atoms with Crippen LogP contribution in [0.2, 0.25) is 0 Å². The molecule has 0 fully saturated rings. The molecule has 0 aromatic carbocycles. The van der Waals surface area contributed by atoms with Gasteiger partial charge in [-0.05, 0) is 12.8 Å². The van der Waals surface area contributed by atoms with Gasteiger partial charge in [-0.2, -0.15) is 0 Å². The molecule has 0 heterocycles. The molecule has 0 saturated heterocycles. The second kappa shape index (κ2) is 8.68. The number of hydrogen-bond acceptors (Lipinski definition) is 6. The van der Waals surface area contributed by atoms with Crippen molar-refractivity contribution in [3.63, 3.8) is 0 Å². The summed E-state index contributed by atoms with van der Waals surface area (Å²) in [5, 5.41) is -0.510. The first-order valence-corrected chi connectivity index (χ1v) is 7.21. The molecule has 0 aromatic rings. The van der Waals surface area contributed by atoms with Crippen molar-refractivity contribution in [2.24, 2.45) is 11.7 Å². The minimum Gasteiger partial charge on any atom is -0.293 e. The molecule has 8 heteroatoms. The van der Waals surface area contributed by atoms with E-state index in [9.17, 15) is 9.59 Å². The predicted molar refractivity (Wildman–Crippen MR) is 68.0 cm³/mol. The monoisotopic (exact) mass is 266 g/mol. The fourth-order valence-electron chi connectivity index (χ4n) is 0.914. The van der Waals surface area contributed by atoms with E-state index in [2.05, 4.69) is 10.9 Å². The highest BCUT2D eigenvalue weighted by atomic mass is 33.1. The highest BCUT2D eigenvalue weighted by Gasteiger charge is 2.22. The summed E-state index contributed by atoms with van der Waals surface area (Å²) in [4.78, 5) is 22.6. The molecule has 0 aromatic heterocycles. The van der Waals surface area contributed by atoms with Gasteiger partial charge in [-0.1, -0.05) is 35.4 Å². The molecule has 0 aliphatic heterocycles. The van der Waals surface area contributed by atoms with Gasteiger partial charge in [0.1, 0.15) is 0 Å². The Balaban J connectivity index is 4.17. The van der Waals surface area contributed by atoms with Crippen LogP contribution in [-0.2, 0) is 9.59 Å². The summed E-state index contributed by atoms with van der Waals surface area (Å²) in [6.45, 7) is 3.77. The number of rotatable bonds is 7. The molecule has 0 bridgehead atoms. The molecule has 0 saturated carbocycles. The standard InChI is InChI=1S/C8H18N4O2S2/c1-3-5(7(13)11-9)15-16-6(4-2)8(14)12-10/h5-6H,3-4,9-10H2,1-2H3,(H,11,13)(H,12,14). The van der Waals surface area contributed by atoms with Crippen molar-refractivity contribution in [1.29, 1.82) is 0 Å². The first kappa shape index (κ1) is 15.6. The highest BCUT2D eigenvalue weighted by molar-refractivity contribution is 8.77. The Morgan fingerprint density at radius 3 is 1.50 bits per heavy atom. The molecular formula is C8H18N4O2S2. The minimum absolute atomic E-state index is 0.233. The van der Waals surface area contributed by atoms with E-state index in [0.717, 1.165) is 0 Å². The van der Waals surface area contributed by atoms with Crippen LogP contribution in [0.15, 0.2) is 0 Å². The quantitative estimate of drug-likeness (QED) is 0.222. The molecule has 2 atom stereocenters.